The number of sulfonamides is 1. The number of aliphatic hydroxyl groups is 1. The van der Waals surface area contributed by atoms with E-state index in [1.807, 2.05) is 0 Å². The highest BCUT2D eigenvalue weighted by Gasteiger charge is 2.36. The molecule has 0 radical (unpaired) electrons. The molecule has 108 valence electrons. The predicted molar refractivity (Wildman–Crippen MR) is 80.3 cm³/mol. The summed E-state index contributed by atoms with van der Waals surface area (Å²) in [7, 11) is -3.49. The molecule has 0 aromatic carbocycles. The average Bonchev–Trinajstić information content (AvgIpc) is 2.69. The van der Waals surface area contributed by atoms with Crippen LogP contribution in [0.15, 0.2) is 10.3 Å². The molecule has 7 heteroatoms. The van der Waals surface area contributed by atoms with Gasteiger partial charge in [-0.05, 0) is 31.7 Å². The van der Waals surface area contributed by atoms with Crippen LogP contribution in [0.2, 0.25) is 0 Å². The van der Waals surface area contributed by atoms with Crippen molar-refractivity contribution in [1.82, 2.24) is 4.31 Å². The first-order valence-electron chi connectivity index (χ1n) is 6.10. The van der Waals surface area contributed by atoms with E-state index < -0.39 is 10.0 Å². The third-order valence-corrected chi connectivity index (χ3v) is 7.71. The fourth-order valence-electron chi connectivity index (χ4n) is 2.25. The Morgan fingerprint density at radius 1 is 1.47 bits per heavy atom. The molecule has 2 rings (SSSR count). The molecule has 19 heavy (non-hydrogen) atoms. The first-order chi connectivity index (χ1) is 8.78. The van der Waals surface area contributed by atoms with E-state index in [9.17, 15) is 13.5 Å². The third kappa shape index (κ3) is 3.00. The van der Waals surface area contributed by atoms with Crippen LogP contribution in [-0.4, -0.2) is 41.4 Å². The van der Waals surface area contributed by atoms with Gasteiger partial charge in [0, 0.05) is 23.6 Å². The molecule has 1 saturated heterocycles. The molecular formula is C12H19NO3S3. The van der Waals surface area contributed by atoms with Crippen LogP contribution < -0.4 is 0 Å². The lowest BCUT2D eigenvalue weighted by molar-refractivity contribution is 0.282. The lowest BCUT2D eigenvalue weighted by atomic mass is 10.2. The summed E-state index contributed by atoms with van der Waals surface area (Å²) in [6.45, 7) is 6.74. The zero-order valence-corrected chi connectivity index (χ0v) is 13.8. The number of aryl methyl sites for hydroxylation is 1. The first kappa shape index (κ1) is 15.3. The number of rotatable bonds is 3. The van der Waals surface area contributed by atoms with Gasteiger partial charge in [0.15, 0.2) is 0 Å². The van der Waals surface area contributed by atoms with E-state index in [0.29, 0.717) is 22.9 Å². The topological polar surface area (TPSA) is 57.6 Å². The maximum absolute atomic E-state index is 12.7. The second-order valence-corrected chi connectivity index (χ2v) is 9.92. The Morgan fingerprint density at radius 3 is 2.74 bits per heavy atom. The molecule has 0 bridgehead atoms. The minimum Gasteiger partial charge on any atom is -0.391 e. The maximum Gasteiger partial charge on any atom is 0.244 e. The summed E-state index contributed by atoms with van der Waals surface area (Å²) in [5.74, 6) is 0.809. The molecule has 1 N–H and O–H groups in total. The number of hydrogen-bond acceptors (Lipinski definition) is 5. The van der Waals surface area contributed by atoms with Crippen LogP contribution in [0, 0.1) is 6.92 Å². The highest BCUT2D eigenvalue weighted by Crippen LogP contribution is 2.35. The summed E-state index contributed by atoms with van der Waals surface area (Å²) in [4.78, 5) is 0.844. The highest BCUT2D eigenvalue weighted by molar-refractivity contribution is 8.00. The van der Waals surface area contributed by atoms with Crippen molar-refractivity contribution in [3.8, 4) is 0 Å². The van der Waals surface area contributed by atoms with Gasteiger partial charge in [-0.3, -0.25) is 0 Å². The summed E-state index contributed by atoms with van der Waals surface area (Å²) < 4.78 is 27.0. The van der Waals surface area contributed by atoms with Gasteiger partial charge >= 0.3 is 0 Å². The molecule has 4 nitrogen and oxygen atoms in total. The summed E-state index contributed by atoms with van der Waals surface area (Å²) >= 11 is 3.10. The molecule has 1 aliphatic heterocycles. The van der Waals surface area contributed by atoms with Crippen molar-refractivity contribution in [3.05, 3.63) is 15.8 Å². The van der Waals surface area contributed by atoms with Crippen LogP contribution in [0.1, 0.15) is 24.3 Å². The van der Waals surface area contributed by atoms with E-state index in [4.69, 9.17) is 0 Å². The largest absolute Gasteiger partial charge is 0.391 e. The van der Waals surface area contributed by atoms with Gasteiger partial charge in [-0.25, -0.2) is 8.42 Å². The molecule has 0 aliphatic carbocycles. The molecular weight excluding hydrogens is 302 g/mol. The van der Waals surface area contributed by atoms with Crippen molar-refractivity contribution in [3.63, 3.8) is 0 Å². The van der Waals surface area contributed by atoms with Gasteiger partial charge in [0.25, 0.3) is 0 Å². The van der Waals surface area contributed by atoms with E-state index in [1.165, 1.54) is 11.3 Å². The Labute approximate surface area is 122 Å². The smallest absolute Gasteiger partial charge is 0.244 e. The van der Waals surface area contributed by atoms with Crippen LogP contribution in [-0.2, 0) is 16.6 Å². The molecule has 0 amide bonds. The standard InChI is InChI=1S/C12H19NO3S3/c1-9-7-17-10(6-14)11(9)19(15,16)13-4-5-18-12(2,3)8-13/h7,14H,4-6,8H2,1-3H3. The molecule has 2 heterocycles. The monoisotopic (exact) mass is 321 g/mol. The Bertz CT molecular complexity index is 563. The molecule has 1 aliphatic rings. The van der Waals surface area contributed by atoms with E-state index >= 15 is 0 Å². The Balaban J connectivity index is 2.39. The van der Waals surface area contributed by atoms with Crippen molar-refractivity contribution in [2.24, 2.45) is 0 Å². The van der Waals surface area contributed by atoms with Gasteiger partial charge in [-0.2, -0.15) is 16.1 Å². The highest BCUT2D eigenvalue weighted by atomic mass is 32.2. The van der Waals surface area contributed by atoms with Gasteiger partial charge in [0.2, 0.25) is 10.0 Å². The van der Waals surface area contributed by atoms with Crippen molar-refractivity contribution in [2.75, 3.05) is 18.8 Å². The lowest BCUT2D eigenvalue weighted by Gasteiger charge is -2.36. The minimum absolute atomic E-state index is 0.0609. The molecule has 0 atom stereocenters. The summed E-state index contributed by atoms with van der Waals surface area (Å²) in [6, 6.07) is 0. The molecule has 0 saturated carbocycles. The fraction of sp³-hybridized carbons (Fsp3) is 0.667. The van der Waals surface area contributed by atoms with Crippen LogP contribution in [0.3, 0.4) is 0 Å². The summed E-state index contributed by atoms with van der Waals surface area (Å²) in [6.07, 6.45) is 0. The number of thiophene rings is 1. The van der Waals surface area contributed by atoms with E-state index in [2.05, 4.69) is 13.8 Å². The van der Waals surface area contributed by atoms with Gasteiger partial charge in [0.1, 0.15) is 4.90 Å². The summed E-state index contributed by atoms with van der Waals surface area (Å²) in [5.41, 5.74) is 0.727. The molecule has 0 spiro atoms. The number of aliphatic hydroxyl groups excluding tert-OH is 1. The van der Waals surface area contributed by atoms with Crippen LogP contribution in [0.25, 0.3) is 0 Å². The quantitative estimate of drug-likeness (QED) is 0.926. The number of hydrogen-bond donors (Lipinski definition) is 1. The van der Waals surface area contributed by atoms with Crippen molar-refractivity contribution in [2.45, 2.75) is 37.0 Å². The second kappa shape index (κ2) is 5.37. The average molecular weight is 321 g/mol. The van der Waals surface area contributed by atoms with Crippen LogP contribution in [0.4, 0.5) is 0 Å². The molecule has 1 aromatic rings. The Hall–Kier alpha value is -0.0800. The second-order valence-electron chi connectivity index (χ2n) is 5.28. The van der Waals surface area contributed by atoms with Gasteiger partial charge < -0.3 is 5.11 Å². The van der Waals surface area contributed by atoms with E-state index in [-0.39, 0.29) is 11.4 Å². The zero-order chi connectivity index (χ0) is 14.3. The van der Waals surface area contributed by atoms with Crippen LogP contribution >= 0.6 is 23.1 Å². The molecule has 1 aromatic heterocycles. The minimum atomic E-state index is -3.49. The number of nitrogens with zero attached hydrogens (tertiary/aromatic N) is 1. The zero-order valence-electron chi connectivity index (χ0n) is 11.3. The van der Waals surface area contributed by atoms with E-state index in [1.54, 1.807) is 28.4 Å². The summed E-state index contributed by atoms with van der Waals surface area (Å²) in [5, 5.41) is 11.1. The normalized spacial score (nSPS) is 20.6. The predicted octanol–water partition coefficient (Wildman–Crippen LogP) is 2.06. The Kier molecular flexibility index (Phi) is 4.32. The maximum atomic E-state index is 12.7. The van der Waals surface area contributed by atoms with Crippen LogP contribution in [0.5, 0.6) is 0 Å². The molecule has 1 fully saturated rings. The van der Waals surface area contributed by atoms with E-state index in [0.717, 1.165) is 11.3 Å². The lowest BCUT2D eigenvalue weighted by Crippen LogP contribution is -2.46. The number of thioether (sulfide) groups is 1. The SMILES string of the molecule is Cc1csc(CO)c1S(=O)(=O)N1CCSC(C)(C)C1. The van der Waals surface area contributed by atoms with Gasteiger partial charge in [-0.15, -0.1) is 11.3 Å². The first-order valence-corrected chi connectivity index (χ1v) is 9.40. The van der Waals surface area contributed by atoms with Crippen molar-refractivity contribution >= 4 is 33.1 Å². The third-order valence-electron chi connectivity index (χ3n) is 3.12. The molecule has 0 unspecified atom stereocenters. The van der Waals surface area contributed by atoms with Gasteiger partial charge in [-0.1, -0.05) is 0 Å². The fourth-order valence-corrected chi connectivity index (χ4v) is 6.77. The van der Waals surface area contributed by atoms with Crippen molar-refractivity contribution < 1.29 is 13.5 Å². The van der Waals surface area contributed by atoms with Gasteiger partial charge in [0.05, 0.1) is 11.5 Å². The van der Waals surface area contributed by atoms with Crippen molar-refractivity contribution in [1.29, 1.82) is 0 Å². The Morgan fingerprint density at radius 2 is 2.16 bits per heavy atom.